The quantitative estimate of drug-likeness (QED) is 0.487. The minimum absolute atomic E-state index is 0.553. The summed E-state index contributed by atoms with van der Waals surface area (Å²) >= 11 is 5.91. The van der Waals surface area contributed by atoms with E-state index in [9.17, 15) is 0 Å². The molecule has 3 rings (SSSR count). The summed E-state index contributed by atoms with van der Waals surface area (Å²) in [5.41, 5.74) is 4.20. The third kappa shape index (κ3) is 4.69. The number of nitrogens with one attached hydrogen (secondary N) is 2. The van der Waals surface area contributed by atoms with Gasteiger partial charge in [-0.15, -0.1) is 0 Å². The van der Waals surface area contributed by atoms with Crippen LogP contribution in [0.5, 0.6) is 0 Å². The van der Waals surface area contributed by atoms with Crippen LogP contribution >= 0.6 is 11.6 Å². The topological polar surface area (TPSA) is 93.2 Å². The molecular weight excluding hydrogens is 378 g/mol. The first-order valence-corrected chi connectivity index (χ1v) is 9.38. The normalized spacial score (nSPS) is 11.7. The van der Waals surface area contributed by atoms with Gasteiger partial charge in [0, 0.05) is 55.4 Å². The molecule has 148 valence electrons. The van der Waals surface area contributed by atoms with Gasteiger partial charge in [-0.3, -0.25) is 9.67 Å². The average molecular weight is 402 g/mol. The Labute approximate surface area is 169 Å². The molecule has 8 nitrogen and oxygen atoms in total. The molecule has 0 fully saturated rings. The molecule has 0 spiro atoms. The highest BCUT2D eigenvalue weighted by molar-refractivity contribution is 6.30. The van der Waals surface area contributed by atoms with Crippen LogP contribution < -0.4 is 10.6 Å². The molecule has 0 bridgehead atoms. The van der Waals surface area contributed by atoms with Crippen molar-refractivity contribution in [2.75, 3.05) is 13.6 Å². The number of hydrogen-bond donors (Lipinski definition) is 2. The van der Waals surface area contributed by atoms with Gasteiger partial charge in [0.05, 0.1) is 5.69 Å². The van der Waals surface area contributed by atoms with Crippen molar-refractivity contribution < 1.29 is 4.52 Å². The molecule has 0 amide bonds. The lowest BCUT2D eigenvalue weighted by molar-refractivity contribution is 0.378. The zero-order valence-electron chi connectivity index (χ0n) is 16.5. The van der Waals surface area contributed by atoms with E-state index in [1.807, 2.05) is 30.8 Å². The van der Waals surface area contributed by atoms with Crippen LogP contribution in [0.15, 0.2) is 33.8 Å². The van der Waals surface area contributed by atoms with Gasteiger partial charge in [-0.25, -0.2) is 0 Å². The molecule has 0 saturated carbocycles. The summed E-state index contributed by atoms with van der Waals surface area (Å²) < 4.78 is 7.21. The van der Waals surface area contributed by atoms with E-state index in [-0.39, 0.29) is 0 Å². The van der Waals surface area contributed by atoms with Crippen LogP contribution in [0.4, 0.5) is 0 Å². The van der Waals surface area contributed by atoms with Crippen LogP contribution in [-0.4, -0.2) is 39.5 Å². The number of halogens is 1. The van der Waals surface area contributed by atoms with Gasteiger partial charge in [-0.1, -0.05) is 16.8 Å². The maximum atomic E-state index is 5.91. The predicted molar refractivity (Wildman–Crippen MR) is 109 cm³/mol. The van der Waals surface area contributed by atoms with Gasteiger partial charge >= 0.3 is 0 Å². The Bertz CT molecular complexity index is 959. The fourth-order valence-electron chi connectivity index (χ4n) is 2.83. The SMILES string of the molecule is CN=C(NCCc1nc(-c2ccc(Cl)cc2)no1)NCc1c(C)nn(C)c1C. The van der Waals surface area contributed by atoms with Crippen molar-refractivity contribution >= 4 is 17.6 Å². The molecule has 2 heterocycles. The van der Waals surface area contributed by atoms with Crippen LogP contribution in [0.25, 0.3) is 11.4 Å². The van der Waals surface area contributed by atoms with E-state index >= 15 is 0 Å². The maximum absolute atomic E-state index is 5.91. The summed E-state index contributed by atoms with van der Waals surface area (Å²) in [5.74, 6) is 1.82. The lowest BCUT2D eigenvalue weighted by Crippen LogP contribution is -2.38. The number of hydrogen-bond acceptors (Lipinski definition) is 5. The largest absolute Gasteiger partial charge is 0.356 e. The van der Waals surface area contributed by atoms with Gasteiger partial charge < -0.3 is 15.2 Å². The molecule has 0 aliphatic heterocycles. The molecule has 9 heteroatoms. The molecule has 2 aromatic heterocycles. The summed E-state index contributed by atoms with van der Waals surface area (Å²) in [5, 5.41) is 15.7. The van der Waals surface area contributed by atoms with E-state index in [1.165, 1.54) is 5.56 Å². The van der Waals surface area contributed by atoms with Crippen LogP contribution in [0.2, 0.25) is 5.02 Å². The first-order valence-electron chi connectivity index (χ1n) is 9.00. The third-order valence-electron chi connectivity index (χ3n) is 4.52. The Morgan fingerprint density at radius 1 is 1.21 bits per heavy atom. The summed E-state index contributed by atoms with van der Waals surface area (Å²) in [4.78, 5) is 8.67. The van der Waals surface area contributed by atoms with E-state index < -0.39 is 0 Å². The average Bonchev–Trinajstić information content (AvgIpc) is 3.24. The second-order valence-electron chi connectivity index (χ2n) is 6.39. The smallest absolute Gasteiger partial charge is 0.228 e. The van der Waals surface area contributed by atoms with Gasteiger partial charge in [0.15, 0.2) is 5.96 Å². The lowest BCUT2D eigenvalue weighted by Gasteiger charge is -2.11. The molecule has 3 aromatic rings. The lowest BCUT2D eigenvalue weighted by atomic mass is 10.2. The van der Waals surface area contributed by atoms with E-state index in [1.54, 1.807) is 19.2 Å². The number of aromatic nitrogens is 4. The highest BCUT2D eigenvalue weighted by Crippen LogP contribution is 2.18. The Morgan fingerprint density at radius 3 is 2.61 bits per heavy atom. The molecule has 0 aliphatic carbocycles. The zero-order valence-corrected chi connectivity index (χ0v) is 17.2. The highest BCUT2D eigenvalue weighted by Gasteiger charge is 2.11. The number of guanidine groups is 1. The second kappa shape index (κ2) is 8.88. The maximum Gasteiger partial charge on any atom is 0.228 e. The van der Waals surface area contributed by atoms with Crippen LogP contribution in [0.3, 0.4) is 0 Å². The molecule has 0 saturated heterocycles. The Morgan fingerprint density at radius 2 is 1.96 bits per heavy atom. The van der Waals surface area contributed by atoms with Crippen molar-refractivity contribution in [1.29, 1.82) is 0 Å². The monoisotopic (exact) mass is 401 g/mol. The molecule has 0 unspecified atom stereocenters. The minimum Gasteiger partial charge on any atom is -0.356 e. The number of rotatable bonds is 6. The Kier molecular flexibility index (Phi) is 6.30. The van der Waals surface area contributed by atoms with Gasteiger partial charge in [-0.2, -0.15) is 10.1 Å². The summed E-state index contributed by atoms with van der Waals surface area (Å²) in [6.07, 6.45) is 0.590. The third-order valence-corrected chi connectivity index (χ3v) is 4.77. The highest BCUT2D eigenvalue weighted by atomic mass is 35.5. The molecule has 0 atom stereocenters. The zero-order chi connectivity index (χ0) is 20.1. The van der Waals surface area contributed by atoms with Crippen molar-refractivity contribution in [2.45, 2.75) is 26.8 Å². The molecule has 1 aromatic carbocycles. The van der Waals surface area contributed by atoms with Gasteiger partial charge in [0.1, 0.15) is 0 Å². The summed E-state index contributed by atoms with van der Waals surface area (Å²) in [7, 11) is 3.69. The summed E-state index contributed by atoms with van der Waals surface area (Å²) in [6.45, 7) is 5.34. The Hall–Kier alpha value is -2.87. The number of benzene rings is 1. The standard InChI is InChI=1S/C19H24ClN7O/c1-12-16(13(2)27(4)25-12)11-23-19(21-3)22-10-9-17-24-18(26-28-17)14-5-7-15(20)8-6-14/h5-8H,9-11H2,1-4H3,(H2,21,22,23). The van der Waals surface area contributed by atoms with Crippen molar-refractivity contribution in [3.05, 3.63) is 52.1 Å². The van der Waals surface area contributed by atoms with Crippen LogP contribution in [0.1, 0.15) is 22.8 Å². The van der Waals surface area contributed by atoms with E-state index in [2.05, 4.69) is 37.8 Å². The first-order chi connectivity index (χ1) is 13.5. The first kappa shape index (κ1) is 19.9. The molecule has 0 aliphatic rings. The van der Waals surface area contributed by atoms with Crippen LogP contribution in [-0.2, 0) is 20.0 Å². The predicted octanol–water partition coefficient (Wildman–Crippen LogP) is 2.65. The molecule has 0 radical (unpaired) electrons. The van der Waals surface area contributed by atoms with Crippen molar-refractivity contribution in [3.63, 3.8) is 0 Å². The van der Waals surface area contributed by atoms with E-state index in [0.29, 0.717) is 42.2 Å². The van der Waals surface area contributed by atoms with Gasteiger partial charge in [0.2, 0.25) is 11.7 Å². The van der Waals surface area contributed by atoms with Crippen molar-refractivity contribution in [2.24, 2.45) is 12.0 Å². The van der Waals surface area contributed by atoms with Gasteiger partial charge in [0.25, 0.3) is 0 Å². The summed E-state index contributed by atoms with van der Waals surface area (Å²) in [6, 6.07) is 7.33. The Balaban J connectivity index is 1.50. The number of nitrogens with zero attached hydrogens (tertiary/aromatic N) is 5. The van der Waals surface area contributed by atoms with Crippen molar-refractivity contribution in [3.8, 4) is 11.4 Å². The second-order valence-corrected chi connectivity index (χ2v) is 6.83. The number of aryl methyl sites for hydroxylation is 2. The van der Waals surface area contributed by atoms with Crippen molar-refractivity contribution in [1.82, 2.24) is 30.6 Å². The minimum atomic E-state index is 0.553. The fourth-order valence-corrected chi connectivity index (χ4v) is 2.95. The fraction of sp³-hybridized carbons (Fsp3) is 0.368. The molecular formula is C19H24ClN7O. The van der Waals surface area contributed by atoms with E-state index in [4.69, 9.17) is 16.1 Å². The van der Waals surface area contributed by atoms with Gasteiger partial charge in [-0.05, 0) is 38.1 Å². The number of aliphatic imine (C=N–C) groups is 1. The molecule has 28 heavy (non-hydrogen) atoms. The van der Waals surface area contributed by atoms with Crippen LogP contribution in [0, 0.1) is 13.8 Å². The van der Waals surface area contributed by atoms with E-state index in [0.717, 1.165) is 17.0 Å². The molecule has 2 N–H and O–H groups in total.